The minimum absolute atomic E-state index is 0.132. The molecule has 0 saturated carbocycles. The van der Waals surface area contributed by atoms with Crippen LogP contribution in [0.15, 0.2) is 53.6 Å². The molecule has 0 aliphatic heterocycles. The van der Waals surface area contributed by atoms with Crippen LogP contribution in [0.2, 0.25) is 0 Å². The molecule has 194 valence electrons. The molecule has 4 aromatic rings. The largest absolute Gasteiger partial charge is 0.353 e. The maximum absolute atomic E-state index is 14.7. The normalized spacial score (nSPS) is 12.1. The lowest BCUT2D eigenvalue weighted by atomic mass is 10.1. The fourth-order valence-corrected chi connectivity index (χ4v) is 5.66. The predicted octanol–water partition coefficient (Wildman–Crippen LogP) is 6.72. The molecule has 6 nitrogen and oxygen atoms in total. The van der Waals surface area contributed by atoms with Gasteiger partial charge in [0, 0.05) is 30.0 Å². The topological polar surface area (TPSA) is 79.8 Å². The standard InChI is InChI=1S/C25H24F3N5OS3/c1-14(2)24-32-21(22(36-24)19-9-10-29-25(31-19)30-11-12-35-3)15-7-8-16(26)20(13-15)33-37(34)23-17(27)5-4-6-18(23)28/h4-10,13-14,33H,11-12H2,1-3H3,(H,29,30,31). The Hall–Kier alpha value is -2.96. The Kier molecular flexibility index (Phi) is 8.83. The van der Waals surface area contributed by atoms with Gasteiger partial charge in [0.2, 0.25) is 5.95 Å². The summed E-state index contributed by atoms with van der Waals surface area (Å²) < 4.78 is 58.0. The zero-order chi connectivity index (χ0) is 26.5. The van der Waals surface area contributed by atoms with Crippen LogP contribution in [0.4, 0.5) is 24.8 Å². The number of nitrogens with one attached hydrogen (secondary N) is 2. The van der Waals surface area contributed by atoms with E-state index < -0.39 is 33.3 Å². The molecule has 37 heavy (non-hydrogen) atoms. The number of hydrogen-bond acceptors (Lipinski definition) is 7. The lowest BCUT2D eigenvalue weighted by Gasteiger charge is -2.11. The van der Waals surface area contributed by atoms with E-state index in [1.807, 2.05) is 20.1 Å². The molecule has 0 aliphatic rings. The average molecular weight is 564 g/mol. The van der Waals surface area contributed by atoms with Gasteiger partial charge in [-0.05, 0) is 42.7 Å². The highest BCUT2D eigenvalue weighted by Gasteiger charge is 2.21. The summed E-state index contributed by atoms with van der Waals surface area (Å²) in [6.45, 7) is 4.75. The van der Waals surface area contributed by atoms with Crippen molar-refractivity contribution in [3.63, 3.8) is 0 Å². The van der Waals surface area contributed by atoms with Gasteiger partial charge >= 0.3 is 0 Å². The van der Waals surface area contributed by atoms with E-state index in [9.17, 15) is 17.4 Å². The van der Waals surface area contributed by atoms with Gasteiger partial charge in [-0.25, -0.2) is 32.3 Å². The Labute approximate surface area is 223 Å². The van der Waals surface area contributed by atoms with Crippen molar-refractivity contribution >= 4 is 45.7 Å². The highest BCUT2D eigenvalue weighted by Crippen LogP contribution is 2.39. The zero-order valence-electron chi connectivity index (χ0n) is 20.2. The summed E-state index contributed by atoms with van der Waals surface area (Å²) in [6, 6.07) is 9.10. The van der Waals surface area contributed by atoms with Gasteiger partial charge in [-0.1, -0.05) is 19.9 Å². The molecule has 1 atom stereocenters. The second kappa shape index (κ2) is 12.1. The Morgan fingerprint density at radius 2 is 1.81 bits per heavy atom. The van der Waals surface area contributed by atoms with Crippen molar-refractivity contribution in [1.29, 1.82) is 0 Å². The quantitative estimate of drug-likeness (QED) is 0.209. The summed E-state index contributed by atoms with van der Waals surface area (Å²) in [7, 11) is -2.37. The first-order valence-corrected chi connectivity index (χ1v) is 14.6. The second-order valence-corrected chi connectivity index (χ2v) is 11.4. The van der Waals surface area contributed by atoms with Gasteiger partial charge < -0.3 is 5.32 Å². The van der Waals surface area contributed by atoms with Crippen molar-refractivity contribution in [3.8, 4) is 21.8 Å². The number of anilines is 2. The zero-order valence-corrected chi connectivity index (χ0v) is 22.7. The van der Waals surface area contributed by atoms with Crippen molar-refractivity contribution in [2.75, 3.05) is 28.6 Å². The number of thioether (sulfide) groups is 1. The molecule has 0 saturated heterocycles. The minimum atomic E-state index is -2.37. The van der Waals surface area contributed by atoms with Gasteiger partial charge in [0.15, 0.2) is 11.0 Å². The fourth-order valence-electron chi connectivity index (χ4n) is 3.35. The average Bonchev–Trinajstić information content (AvgIpc) is 3.32. The fraction of sp³-hybridized carbons (Fsp3) is 0.240. The van der Waals surface area contributed by atoms with E-state index in [4.69, 9.17) is 4.98 Å². The summed E-state index contributed by atoms with van der Waals surface area (Å²) >= 11 is 3.18. The summed E-state index contributed by atoms with van der Waals surface area (Å²) in [5.74, 6) is -1.18. The number of nitrogens with zero attached hydrogens (tertiary/aromatic N) is 3. The highest BCUT2D eigenvalue weighted by atomic mass is 32.2. The van der Waals surface area contributed by atoms with Crippen LogP contribution in [-0.4, -0.2) is 37.7 Å². The molecule has 0 amide bonds. The van der Waals surface area contributed by atoms with Crippen LogP contribution in [0.1, 0.15) is 24.8 Å². The molecule has 1 unspecified atom stereocenters. The highest BCUT2D eigenvalue weighted by molar-refractivity contribution is 7.98. The minimum Gasteiger partial charge on any atom is -0.353 e. The van der Waals surface area contributed by atoms with Crippen LogP contribution in [0.5, 0.6) is 0 Å². The summed E-state index contributed by atoms with van der Waals surface area (Å²) in [5, 5.41) is 4.05. The van der Waals surface area contributed by atoms with Gasteiger partial charge in [-0.3, -0.25) is 4.72 Å². The van der Waals surface area contributed by atoms with E-state index >= 15 is 0 Å². The van der Waals surface area contributed by atoms with Crippen LogP contribution in [-0.2, 0) is 11.0 Å². The summed E-state index contributed by atoms with van der Waals surface area (Å²) in [5.41, 5.74) is 1.57. The lowest BCUT2D eigenvalue weighted by molar-refractivity contribution is 0.535. The number of benzene rings is 2. The van der Waals surface area contributed by atoms with E-state index in [0.29, 0.717) is 29.4 Å². The van der Waals surface area contributed by atoms with Crippen LogP contribution < -0.4 is 10.0 Å². The third kappa shape index (κ3) is 6.31. The molecule has 2 N–H and O–H groups in total. The van der Waals surface area contributed by atoms with E-state index in [0.717, 1.165) is 27.8 Å². The van der Waals surface area contributed by atoms with E-state index in [-0.39, 0.29) is 11.6 Å². The molecule has 0 bridgehead atoms. The molecule has 0 fully saturated rings. The predicted molar refractivity (Wildman–Crippen MR) is 146 cm³/mol. The van der Waals surface area contributed by atoms with Crippen molar-refractivity contribution in [3.05, 3.63) is 71.1 Å². The van der Waals surface area contributed by atoms with Gasteiger partial charge in [0.25, 0.3) is 0 Å². The van der Waals surface area contributed by atoms with Crippen molar-refractivity contribution in [1.82, 2.24) is 15.0 Å². The van der Waals surface area contributed by atoms with E-state index in [1.165, 1.54) is 29.5 Å². The van der Waals surface area contributed by atoms with Crippen LogP contribution >= 0.6 is 23.1 Å². The van der Waals surface area contributed by atoms with E-state index in [1.54, 1.807) is 30.1 Å². The SMILES string of the molecule is CSCCNc1nccc(-c2sc(C(C)C)nc2-c2ccc(F)c(NS(=O)c3c(F)cccc3F)c2)n1. The summed E-state index contributed by atoms with van der Waals surface area (Å²) in [6.07, 6.45) is 3.68. The smallest absolute Gasteiger partial charge is 0.223 e. The third-order valence-corrected chi connectivity index (χ3v) is 8.32. The Morgan fingerprint density at radius 1 is 1.05 bits per heavy atom. The molecule has 0 spiro atoms. The lowest BCUT2D eigenvalue weighted by Crippen LogP contribution is -2.10. The first-order chi connectivity index (χ1) is 17.8. The van der Waals surface area contributed by atoms with Gasteiger partial charge in [0.05, 0.1) is 27.0 Å². The molecular weight excluding hydrogens is 540 g/mol. The maximum atomic E-state index is 14.7. The maximum Gasteiger partial charge on any atom is 0.223 e. The molecule has 12 heteroatoms. The molecule has 2 aromatic heterocycles. The van der Waals surface area contributed by atoms with Crippen LogP contribution in [0.25, 0.3) is 21.8 Å². The second-order valence-electron chi connectivity index (χ2n) is 8.19. The third-order valence-electron chi connectivity index (χ3n) is 5.16. The number of hydrogen-bond donors (Lipinski definition) is 2. The Bertz CT molecular complexity index is 1410. The van der Waals surface area contributed by atoms with Gasteiger partial charge in [-0.2, -0.15) is 11.8 Å². The molecule has 2 aromatic carbocycles. The molecule has 2 heterocycles. The van der Waals surface area contributed by atoms with Crippen LogP contribution in [0, 0.1) is 17.5 Å². The van der Waals surface area contributed by atoms with Crippen molar-refractivity contribution < 1.29 is 17.4 Å². The first kappa shape index (κ1) is 27.1. The number of aromatic nitrogens is 3. The molecule has 0 aliphatic carbocycles. The molecular formula is C25H24F3N5OS3. The molecule has 4 rings (SSSR count). The van der Waals surface area contributed by atoms with E-state index in [2.05, 4.69) is 20.0 Å². The van der Waals surface area contributed by atoms with Crippen molar-refractivity contribution in [2.45, 2.75) is 24.7 Å². The first-order valence-electron chi connectivity index (χ1n) is 11.3. The number of halogens is 3. The van der Waals surface area contributed by atoms with Gasteiger partial charge in [0.1, 0.15) is 22.3 Å². The van der Waals surface area contributed by atoms with Gasteiger partial charge in [-0.15, -0.1) is 11.3 Å². The molecule has 0 radical (unpaired) electrons. The monoisotopic (exact) mass is 563 g/mol. The van der Waals surface area contributed by atoms with Crippen molar-refractivity contribution in [2.24, 2.45) is 0 Å². The number of rotatable bonds is 10. The number of thiazole rings is 1. The Morgan fingerprint density at radius 3 is 2.51 bits per heavy atom. The van der Waals surface area contributed by atoms with Crippen LogP contribution in [0.3, 0.4) is 0 Å². The summed E-state index contributed by atoms with van der Waals surface area (Å²) in [4.78, 5) is 13.8. The Balaban J connectivity index is 1.72.